The molecular formula is C11H21N3O. The maximum absolute atomic E-state index is 10.8. The number of nitrogens with two attached hydrogens (primary N) is 2. The lowest BCUT2D eigenvalue weighted by Crippen LogP contribution is -2.55. The van der Waals surface area contributed by atoms with Crippen LogP contribution in [0, 0.1) is 0 Å². The normalized spacial score (nSPS) is 36.5. The highest BCUT2D eigenvalue weighted by Crippen LogP contribution is 2.33. The second-order valence-electron chi connectivity index (χ2n) is 4.92. The Balaban J connectivity index is 1.95. The van der Waals surface area contributed by atoms with Gasteiger partial charge < -0.3 is 11.5 Å². The van der Waals surface area contributed by atoms with Gasteiger partial charge in [0.15, 0.2) is 0 Å². The first-order valence-electron chi connectivity index (χ1n) is 5.96. The molecular weight excluding hydrogens is 190 g/mol. The van der Waals surface area contributed by atoms with Crippen LogP contribution in [0.15, 0.2) is 0 Å². The van der Waals surface area contributed by atoms with Gasteiger partial charge in [-0.2, -0.15) is 0 Å². The van der Waals surface area contributed by atoms with E-state index in [0.717, 1.165) is 19.4 Å². The number of primary amides is 1. The van der Waals surface area contributed by atoms with Crippen molar-refractivity contribution in [1.82, 2.24) is 4.90 Å². The third-order valence-corrected chi connectivity index (χ3v) is 3.78. The number of nitrogens with zero attached hydrogens (tertiary/aromatic N) is 1. The summed E-state index contributed by atoms with van der Waals surface area (Å²) in [4.78, 5) is 13.3. The molecule has 0 aliphatic carbocycles. The zero-order valence-electron chi connectivity index (χ0n) is 9.19. The highest BCUT2D eigenvalue weighted by molar-refractivity contribution is 5.73. The minimum absolute atomic E-state index is 0.192. The van der Waals surface area contributed by atoms with Gasteiger partial charge in [-0.1, -0.05) is 6.42 Å². The molecule has 86 valence electrons. The quantitative estimate of drug-likeness (QED) is 0.700. The van der Waals surface area contributed by atoms with Gasteiger partial charge in [-0.3, -0.25) is 9.69 Å². The predicted molar refractivity (Wildman–Crippen MR) is 59.2 cm³/mol. The number of piperidine rings is 2. The Morgan fingerprint density at radius 1 is 1.27 bits per heavy atom. The SMILES string of the molecule is NC(=O)CCN1C2CCCC1CC(N)C2. The second-order valence-corrected chi connectivity index (χ2v) is 4.92. The smallest absolute Gasteiger partial charge is 0.218 e. The van der Waals surface area contributed by atoms with Gasteiger partial charge in [0.05, 0.1) is 0 Å². The summed E-state index contributed by atoms with van der Waals surface area (Å²) in [5.74, 6) is -0.192. The molecule has 2 fully saturated rings. The molecule has 2 rings (SSSR count). The first-order chi connectivity index (χ1) is 7.16. The van der Waals surface area contributed by atoms with Crippen molar-refractivity contribution in [3.8, 4) is 0 Å². The van der Waals surface area contributed by atoms with Gasteiger partial charge in [0, 0.05) is 31.1 Å². The number of fused-ring (bicyclic) bond motifs is 2. The molecule has 4 nitrogen and oxygen atoms in total. The molecule has 2 saturated heterocycles. The highest BCUT2D eigenvalue weighted by Gasteiger charge is 2.36. The summed E-state index contributed by atoms with van der Waals surface area (Å²) < 4.78 is 0. The molecule has 2 atom stereocenters. The molecule has 15 heavy (non-hydrogen) atoms. The molecule has 0 aromatic heterocycles. The van der Waals surface area contributed by atoms with Crippen molar-refractivity contribution in [3.05, 3.63) is 0 Å². The molecule has 4 N–H and O–H groups in total. The van der Waals surface area contributed by atoms with Crippen LogP contribution in [0.1, 0.15) is 38.5 Å². The average Bonchev–Trinajstić information content (AvgIpc) is 2.14. The molecule has 4 heteroatoms. The van der Waals surface area contributed by atoms with Gasteiger partial charge in [-0.05, 0) is 25.7 Å². The van der Waals surface area contributed by atoms with E-state index in [1.807, 2.05) is 0 Å². The fraction of sp³-hybridized carbons (Fsp3) is 0.909. The summed E-state index contributed by atoms with van der Waals surface area (Å²) in [5, 5.41) is 0. The van der Waals surface area contributed by atoms with Crippen molar-refractivity contribution >= 4 is 5.91 Å². The molecule has 2 aliphatic heterocycles. The zero-order chi connectivity index (χ0) is 10.8. The summed E-state index contributed by atoms with van der Waals surface area (Å²) in [6.45, 7) is 0.831. The summed E-state index contributed by atoms with van der Waals surface area (Å²) in [7, 11) is 0. The molecule has 1 amide bonds. The molecule has 2 unspecified atom stereocenters. The Morgan fingerprint density at radius 2 is 1.87 bits per heavy atom. The third-order valence-electron chi connectivity index (χ3n) is 3.78. The first-order valence-corrected chi connectivity index (χ1v) is 5.96. The topological polar surface area (TPSA) is 72.4 Å². The Bertz CT molecular complexity index is 230. The first kappa shape index (κ1) is 10.9. The van der Waals surface area contributed by atoms with E-state index in [-0.39, 0.29) is 5.91 Å². The van der Waals surface area contributed by atoms with Crippen LogP contribution in [0.2, 0.25) is 0 Å². The fourth-order valence-electron chi connectivity index (χ4n) is 3.12. The number of hydrogen-bond acceptors (Lipinski definition) is 3. The molecule has 2 aliphatic rings. The zero-order valence-corrected chi connectivity index (χ0v) is 9.19. The van der Waals surface area contributed by atoms with Crippen molar-refractivity contribution in [2.24, 2.45) is 11.5 Å². The maximum atomic E-state index is 10.8. The Labute approximate surface area is 91.0 Å². The van der Waals surface area contributed by atoms with Crippen molar-refractivity contribution < 1.29 is 4.79 Å². The van der Waals surface area contributed by atoms with E-state index in [1.54, 1.807) is 0 Å². The van der Waals surface area contributed by atoms with Crippen LogP contribution in [-0.4, -0.2) is 35.5 Å². The Morgan fingerprint density at radius 3 is 2.40 bits per heavy atom. The van der Waals surface area contributed by atoms with Gasteiger partial charge in [0.1, 0.15) is 0 Å². The third kappa shape index (κ3) is 2.49. The number of hydrogen-bond donors (Lipinski definition) is 2. The number of amides is 1. The Hall–Kier alpha value is -0.610. The molecule has 0 radical (unpaired) electrons. The van der Waals surface area contributed by atoms with E-state index in [9.17, 15) is 4.79 Å². The van der Waals surface area contributed by atoms with Crippen LogP contribution in [-0.2, 0) is 4.79 Å². The van der Waals surface area contributed by atoms with Gasteiger partial charge in [0.25, 0.3) is 0 Å². The van der Waals surface area contributed by atoms with E-state index in [4.69, 9.17) is 11.5 Å². The van der Waals surface area contributed by atoms with Gasteiger partial charge >= 0.3 is 0 Å². The summed E-state index contributed by atoms with van der Waals surface area (Å²) in [6.07, 6.45) is 6.47. The minimum Gasteiger partial charge on any atom is -0.370 e. The van der Waals surface area contributed by atoms with Crippen LogP contribution in [0.25, 0.3) is 0 Å². The van der Waals surface area contributed by atoms with Crippen molar-refractivity contribution in [2.75, 3.05) is 6.54 Å². The van der Waals surface area contributed by atoms with Gasteiger partial charge in [0.2, 0.25) is 5.91 Å². The van der Waals surface area contributed by atoms with E-state index >= 15 is 0 Å². The molecule has 0 aromatic carbocycles. The van der Waals surface area contributed by atoms with Crippen LogP contribution >= 0.6 is 0 Å². The second kappa shape index (κ2) is 4.49. The lowest BCUT2D eigenvalue weighted by molar-refractivity contribution is -0.118. The van der Waals surface area contributed by atoms with Crippen LogP contribution in [0.4, 0.5) is 0 Å². The summed E-state index contributed by atoms with van der Waals surface area (Å²) in [6, 6.07) is 1.57. The fourth-order valence-corrected chi connectivity index (χ4v) is 3.12. The maximum Gasteiger partial charge on any atom is 0.218 e. The summed E-state index contributed by atoms with van der Waals surface area (Å²) in [5.41, 5.74) is 11.2. The van der Waals surface area contributed by atoms with E-state index < -0.39 is 0 Å². The molecule has 2 heterocycles. The van der Waals surface area contributed by atoms with E-state index in [0.29, 0.717) is 24.5 Å². The predicted octanol–water partition coefficient (Wildman–Crippen LogP) is 0.206. The largest absolute Gasteiger partial charge is 0.370 e. The molecule has 0 spiro atoms. The monoisotopic (exact) mass is 211 g/mol. The van der Waals surface area contributed by atoms with E-state index in [2.05, 4.69) is 4.90 Å². The van der Waals surface area contributed by atoms with Gasteiger partial charge in [-0.15, -0.1) is 0 Å². The lowest BCUT2D eigenvalue weighted by atomic mass is 9.82. The minimum atomic E-state index is -0.192. The average molecular weight is 211 g/mol. The summed E-state index contributed by atoms with van der Waals surface area (Å²) >= 11 is 0. The molecule has 0 aromatic rings. The van der Waals surface area contributed by atoms with Crippen LogP contribution < -0.4 is 11.5 Å². The van der Waals surface area contributed by atoms with Crippen molar-refractivity contribution in [3.63, 3.8) is 0 Å². The number of carbonyl (C=O) groups excluding carboxylic acids is 1. The Kier molecular flexibility index (Phi) is 3.26. The van der Waals surface area contributed by atoms with Crippen LogP contribution in [0.3, 0.4) is 0 Å². The number of rotatable bonds is 3. The number of carbonyl (C=O) groups is 1. The molecule has 2 bridgehead atoms. The standard InChI is InChI=1S/C11H21N3O/c12-8-6-9-2-1-3-10(7-8)14(9)5-4-11(13)15/h8-10H,1-7,12H2,(H2,13,15). The highest BCUT2D eigenvalue weighted by atomic mass is 16.1. The van der Waals surface area contributed by atoms with Gasteiger partial charge in [-0.25, -0.2) is 0 Å². The van der Waals surface area contributed by atoms with Crippen molar-refractivity contribution in [2.45, 2.75) is 56.7 Å². The lowest BCUT2D eigenvalue weighted by Gasteiger charge is -2.48. The van der Waals surface area contributed by atoms with Crippen molar-refractivity contribution in [1.29, 1.82) is 0 Å². The molecule has 0 saturated carbocycles. The van der Waals surface area contributed by atoms with Crippen LogP contribution in [0.5, 0.6) is 0 Å². The van der Waals surface area contributed by atoms with E-state index in [1.165, 1.54) is 19.3 Å².